The highest BCUT2D eigenvalue weighted by Gasteiger charge is 2.36. The van der Waals surface area contributed by atoms with E-state index in [1.807, 2.05) is 27.7 Å². The summed E-state index contributed by atoms with van der Waals surface area (Å²) in [7, 11) is 1.28. The minimum absolute atomic E-state index is 0.228. The first-order chi connectivity index (χ1) is 5.34. The van der Waals surface area contributed by atoms with Crippen molar-refractivity contribution >= 4 is 5.97 Å². The highest BCUT2D eigenvalue weighted by atomic mass is 16.5. The third-order valence-corrected chi connectivity index (χ3v) is 2.62. The van der Waals surface area contributed by atoms with E-state index in [1.54, 1.807) is 0 Å². The molecule has 12 heavy (non-hydrogen) atoms. The zero-order chi connectivity index (χ0) is 9.94. The molecule has 0 saturated carbocycles. The van der Waals surface area contributed by atoms with Crippen LogP contribution in [-0.2, 0) is 9.53 Å². The normalized spacial score (nSPS) is 14.6. The van der Waals surface area contributed by atoms with Crippen LogP contribution in [0.1, 0.15) is 27.7 Å². The predicted octanol–water partition coefficient (Wildman–Crippen LogP) is 1.20. The lowest BCUT2D eigenvalue weighted by Crippen LogP contribution is -2.40. The summed E-state index contributed by atoms with van der Waals surface area (Å²) in [4.78, 5) is 11.0. The van der Waals surface area contributed by atoms with Crippen molar-refractivity contribution in [2.24, 2.45) is 11.3 Å². The Kier molecular flexibility index (Phi) is 3.71. The molecule has 1 unspecified atom stereocenters. The first-order valence-electron chi connectivity index (χ1n) is 4.10. The number of rotatable bonds is 3. The molecule has 3 heteroatoms. The van der Waals surface area contributed by atoms with Gasteiger partial charge >= 0.3 is 5.97 Å². The highest BCUT2D eigenvalue weighted by molar-refractivity contribution is 5.75. The Balaban J connectivity index is 4.45. The van der Waals surface area contributed by atoms with Crippen molar-refractivity contribution in [3.8, 4) is 0 Å². The molecule has 0 amide bonds. The van der Waals surface area contributed by atoms with Crippen molar-refractivity contribution in [2.45, 2.75) is 33.8 Å². The number of methoxy groups -OCH3 is 1. The fourth-order valence-electron chi connectivity index (χ4n) is 0.731. The van der Waals surface area contributed by atoms with E-state index < -0.39 is 17.5 Å². The summed E-state index contributed by atoms with van der Waals surface area (Å²) in [5, 5.41) is 9.54. The number of aliphatic hydroxyl groups excluding tert-OH is 1. The van der Waals surface area contributed by atoms with Gasteiger partial charge < -0.3 is 9.84 Å². The van der Waals surface area contributed by atoms with Crippen molar-refractivity contribution in [1.82, 2.24) is 0 Å². The van der Waals surface area contributed by atoms with Crippen LogP contribution >= 0.6 is 0 Å². The van der Waals surface area contributed by atoms with Gasteiger partial charge in [0, 0.05) is 5.41 Å². The van der Waals surface area contributed by atoms with Crippen molar-refractivity contribution in [3.05, 3.63) is 0 Å². The van der Waals surface area contributed by atoms with Crippen molar-refractivity contribution < 1.29 is 14.6 Å². The molecule has 72 valence electrons. The van der Waals surface area contributed by atoms with Crippen LogP contribution in [0.25, 0.3) is 0 Å². The Morgan fingerprint density at radius 2 is 1.83 bits per heavy atom. The van der Waals surface area contributed by atoms with Crippen LogP contribution < -0.4 is 0 Å². The molecule has 3 nitrogen and oxygen atoms in total. The molecule has 0 aliphatic rings. The molecular weight excluding hydrogens is 156 g/mol. The maximum Gasteiger partial charge on any atom is 0.335 e. The number of hydrogen-bond acceptors (Lipinski definition) is 3. The Morgan fingerprint density at radius 3 is 2.08 bits per heavy atom. The lowest BCUT2D eigenvalue weighted by Gasteiger charge is -2.32. The maximum atomic E-state index is 11.0. The Morgan fingerprint density at radius 1 is 1.42 bits per heavy atom. The van der Waals surface area contributed by atoms with E-state index in [0.29, 0.717) is 0 Å². The average Bonchev–Trinajstić information content (AvgIpc) is 2.01. The average molecular weight is 174 g/mol. The van der Waals surface area contributed by atoms with Crippen LogP contribution in [0.2, 0.25) is 0 Å². The molecule has 0 saturated heterocycles. The maximum absolute atomic E-state index is 11.0. The number of esters is 1. The molecule has 1 atom stereocenters. The largest absolute Gasteiger partial charge is 0.467 e. The van der Waals surface area contributed by atoms with E-state index in [1.165, 1.54) is 7.11 Å². The van der Waals surface area contributed by atoms with Crippen LogP contribution in [-0.4, -0.2) is 24.3 Å². The lowest BCUT2D eigenvalue weighted by atomic mass is 9.76. The van der Waals surface area contributed by atoms with Gasteiger partial charge in [0.2, 0.25) is 0 Å². The van der Waals surface area contributed by atoms with E-state index in [2.05, 4.69) is 4.74 Å². The molecule has 0 aromatic rings. The number of ether oxygens (including phenoxy) is 1. The topological polar surface area (TPSA) is 46.5 Å². The van der Waals surface area contributed by atoms with Gasteiger partial charge in [-0.05, 0) is 5.92 Å². The molecule has 0 fully saturated rings. The van der Waals surface area contributed by atoms with E-state index in [4.69, 9.17) is 0 Å². The van der Waals surface area contributed by atoms with Gasteiger partial charge in [-0.2, -0.15) is 0 Å². The van der Waals surface area contributed by atoms with Crippen molar-refractivity contribution in [1.29, 1.82) is 0 Å². The van der Waals surface area contributed by atoms with Gasteiger partial charge in [-0.25, -0.2) is 4.79 Å². The second kappa shape index (κ2) is 3.90. The Hall–Kier alpha value is -0.570. The zero-order valence-corrected chi connectivity index (χ0v) is 8.42. The summed E-state index contributed by atoms with van der Waals surface area (Å²) >= 11 is 0. The molecule has 0 rings (SSSR count). The van der Waals surface area contributed by atoms with Gasteiger partial charge in [0.15, 0.2) is 6.10 Å². The first-order valence-corrected chi connectivity index (χ1v) is 4.10. The molecule has 0 aliphatic heterocycles. The monoisotopic (exact) mass is 174 g/mol. The summed E-state index contributed by atoms with van der Waals surface area (Å²) in [6, 6.07) is 0. The molecule has 0 aliphatic carbocycles. The van der Waals surface area contributed by atoms with Gasteiger partial charge in [-0.3, -0.25) is 0 Å². The van der Waals surface area contributed by atoms with Crippen molar-refractivity contribution in [3.63, 3.8) is 0 Å². The van der Waals surface area contributed by atoms with E-state index in [-0.39, 0.29) is 5.92 Å². The Bertz CT molecular complexity index is 161. The number of hydrogen-bond donors (Lipinski definition) is 1. The van der Waals surface area contributed by atoms with Crippen LogP contribution in [0, 0.1) is 11.3 Å². The fourth-order valence-corrected chi connectivity index (χ4v) is 0.731. The summed E-state index contributed by atoms with van der Waals surface area (Å²) in [6.07, 6.45) is -1.04. The predicted molar refractivity (Wildman–Crippen MR) is 46.6 cm³/mol. The van der Waals surface area contributed by atoms with Crippen LogP contribution in [0.3, 0.4) is 0 Å². The lowest BCUT2D eigenvalue weighted by molar-refractivity contribution is -0.158. The quantitative estimate of drug-likeness (QED) is 0.654. The molecule has 0 heterocycles. The zero-order valence-electron chi connectivity index (χ0n) is 8.42. The third-order valence-electron chi connectivity index (χ3n) is 2.62. The summed E-state index contributed by atoms with van der Waals surface area (Å²) in [5.41, 5.74) is -0.437. The van der Waals surface area contributed by atoms with E-state index >= 15 is 0 Å². The van der Waals surface area contributed by atoms with Gasteiger partial charge in [-0.1, -0.05) is 27.7 Å². The Labute approximate surface area is 73.7 Å². The summed E-state index contributed by atoms with van der Waals surface area (Å²) in [5.74, 6) is -0.333. The second-order valence-electron chi connectivity index (χ2n) is 3.90. The van der Waals surface area contributed by atoms with Gasteiger partial charge in [0.1, 0.15) is 0 Å². The van der Waals surface area contributed by atoms with E-state index in [9.17, 15) is 9.90 Å². The van der Waals surface area contributed by atoms with Crippen LogP contribution in [0.15, 0.2) is 0 Å². The van der Waals surface area contributed by atoms with Gasteiger partial charge in [-0.15, -0.1) is 0 Å². The summed E-state index contributed by atoms with van der Waals surface area (Å²) < 4.78 is 4.46. The fraction of sp³-hybridized carbons (Fsp3) is 0.889. The molecule has 0 aromatic carbocycles. The van der Waals surface area contributed by atoms with Crippen LogP contribution in [0.5, 0.6) is 0 Å². The number of carbonyl (C=O) groups is 1. The molecule has 1 N–H and O–H groups in total. The van der Waals surface area contributed by atoms with Crippen LogP contribution in [0.4, 0.5) is 0 Å². The smallest absolute Gasteiger partial charge is 0.335 e. The number of aliphatic hydroxyl groups is 1. The van der Waals surface area contributed by atoms with Gasteiger partial charge in [0.05, 0.1) is 7.11 Å². The molecular formula is C9H18O3. The third kappa shape index (κ3) is 2.21. The SMILES string of the molecule is COC(=O)C(O)C(C)(C)C(C)C. The summed E-state index contributed by atoms with van der Waals surface area (Å²) in [6.45, 7) is 7.62. The van der Waals surface area contributed by atoms with Gasteiger partial charge in [0.25, 0.3) is 0 Å². The molecule has 0 bridgehead atoms. The van der Waals surface area contributed by atoms with Crippen molar-refractivity contribution in [2.75, 3.05) is 7.11 Å². The molecule has 0 aromatic heterocycles. The second-order valence-corrected chi connectivity index (χ2v) is 3.90. The minimum Gasteiger partial charge on any atom is -0.467 e. The number of carbonyl (C=O) groups excluding carboxylic acids is 1. The standard InChI is InChI=1S/C9H18O3/c1-6(2)9(3,4)7(10)8(11)12-5/h6-7,10H,1-5H3. The van der Waals surface area contributed by atoms with E-state index in [0.717, 1.165) is 0 Å². The first kappa shape index (κ1) is 11.4. The minimum atomic E-state index is -1.04. The molecule has 0 spiro atoms. The molecule has 0 radical (unpaired) electrons. The highest BCUT2D eigenvalue weighted by Crippen LogP contribution is 2.30.